The molecule has 3 heterocycles. The Kier molecular flexibility index (Phi) is 5.61. The van der Waals surface area contributed by atoms with E-state index in [1.54, 1.807) is 54.6 Å². The van der Waals surface area contributed by atoms with Crippen LogP contribution in [-0.4, -0.2) is 39.6 Å². The van der Waals surface area contributed by atoms with Gasteiger partial charge in [0.1, 0.15) is 17.3 Å². The van der Waals surface area contributed by atoms with Crippen molar-refractivity contribution in [1.29, 1.82) is 0 Å². The molecule has 0 fully saturated rings. The highest BCUT2D eigenvalue weighted by atomic mass is 19.4. The fraction of sp³-hybridized carbons (Fsp3) is 0.190. The van der Waals surface area contributed by atoms with Gasteiger partial charge in [0.05, 0.1) is 25.1 Å². The van der Waals surface area contributed by atoms with Gasteiger partial charge in [0, 0.05) is 24.5 Å². The first-order valence-electron chi connectivity index (χ1n) is 9.35. The highest BCUT2D eigenvalue weighted by molar-refractivity contribution is 5.81. The molecule has 1 aromatic carbocycles. The molecule has 4 rings (SSSR count). The lowest BCUT2D eigenvalue weighted by Crippen LogP contribution is -2.18. The minimum absolute atomic E-state index is 0.205. The monoisotopic (exact) mass is 429 g/mol. The Hall–Kier alpha value is -3.82. The van der Waals surface area contributed by atoms with Gasteiger partial charge in [-0.25, -0.2) is 9.50 Å². The Bertz CT molecular complexity index is 1190. The summed E-state index contributed by atoms with van der Waals surface area (Å²) in [5.41, 5.74) is 2.62. The van der Waals surface area contributed by atoms with Gasteiger partial charge in [-0.05, 0) is 30.2 Å². The van der Waals surface area contributed by atoms with Crippen LogP contribution in [-0.2, 0) is 6.42 Å². The molecule has 0 aliphatic heterocycles. The van der Waals surface area contributed by atoms with Gasteiger partial charge in [-0.1, -0.05) is 18.2 Å². The number of nitrogens with zero attached hydrogens (tertiary/aromatic N) is 4. The van der Waals surface area contributed by atoms with E-state index in [1.165, 1.54) is 12.1 Å². The molecule has 31 heavy (non-hydrogen) atoms. The third-order valence-corrected chi connectivity index (χ3v) is 4.56. The molecule has 0 aliphatic rings. The van der Waals surface area contributed by atoms with Gasteiger partial charge in [-0.3, -0.25) is 4.98 Å². The maximum absolute atomic E-state index is 12.6. The van der Waals surface area contributed by atoms with E-state index in [2.05, 4.69) is 25.1 Å². The lowest BCUT2D eigenvalue weighted by Gasteiger charge is -2.13. The van der Waals surface area contributed by atoms with Gasteiger partial charge in [-0.15, -0.1) is 13.2 Å². The van der Waals surface area contributed by atoms with Crippen LogP contribution in [0.25, 0.3) is 16.8 Å². The van der Waals surface area contributed by atoms with Crippen LogP contribution in [0, 0.1) is 0 Å². The summed E-state index contributed by atoms with van der Waals surface area (Å²) < 4.78 is 48.9. The van der Waals surface area contributed by atoms with Crippen molar-refractivity contribution in [2.75, 3.05) is 19.0 Å². The molecule has 0 saturated heterocycles. The first-order valence-corrected chi connectivity index (χ1v) is 9.35. The molecule has 4 aromatic rings. The van der Waals surface area contributed by atoms with E-state index in [4.69, 9.17) is 4.74 Å². The number of halogens is 3. The van der Waals surface area contributed by atoms with E-state index in [9.17, 15) is 13.2 Å². The number of aromatic nitrogens is 4. The van der Waals surface area contributed by atoms with Crippen molar-refractivity contribution in [3.8, 4) is 22.6 Å². The molecule has 0 bridgehead atoms. The van der Waals surface area contributed by atoms with Crippen LogP contribution < -0.4 is 14.8 Å². The van der Waals surface area contributed by atoms with Gasteiger partial charge < -0.3 is 14.8 Å². The number of ether oxygens (including phenoxy) is 2. The smallest absolute Gasteiger partial charge is 0.494 e. The summed E-state index contributed by atoms with van der Waals surface area (Å²) in [7, 11) is 1.56. The molecule has 0 atom stereocenters. The van der Waals surface area contributed by atoms with Crippen LogP contribution in [0.5, 0.6) is 11.5 Å². The van der Waals surface area contributed by atoms with Crippen LogP contribution >= 0.6 is 0 Å². The SMILES string of the molecule is COc1cnccc1-c1cnn2ccc(NCCc3ccccc3OC(F)(F)F)nc12. The zero-order chi connectivity index (χ0) is 21.8. The van der Waals surface area contributed by atoms with Crippen molar-refractivity contribution in [2.24, 2.45) is 0 Å². The zero-order valence-corrected chi connectivity index (χ0v) is 16.4. The topological polar surface area (TPSA) is 73.6 Å². The summed E-state index contributed by atoms with van der Waals surface area (Å²) in [5.74, 6) is 0.957. The summed E-state index contributed by atoms with van der Waals surface area (Å²) in [4.78, 5) is 8.66. The first-order chi connectivity index (χ1) is 14.9. The maximum Gasteiger partial charge on any atom is 0.573 e. The number of fused-ring (bicyclic) bond motifs is 1. The summed E-state index contributed by atoms with van der Waals surface area (Å²) in [5, 5.41) is 7.45. The second kappa shape index (κ2) is 8.50. The molecule has 1 N–H and O–H groups in total. The summed E-state index contributed by atoms with van der Waals surface area (Å²) in [6, 6.07) is 9.63. The first kappa shape index (κ1) is 20.5. The number of rotatable bonds is 7. The predicted octanol–water partition coefficient (Wildman–Crippen LogP) is 4.35. The summed E-state index contributed by atoms with van der Waals surface area (Å²) in [6.07, 6.45) is 2.30. The van der Waals surface area contributed by atoms with Gasteiger partial charge in [-0.2, -0.15) is 5.10 Å². The van der Waals surface area contributed by atoms with Crippen molar-refractivity contribution in [3.63, 3.8) is 0 Å². The molecule has 0 aliphatic carbocycles. The van der Waals surface area contributed by atoms with Gasteiger partial charge in [0.25, 0.3) is 0 Å². The highest BCUT2D eigenvalue weighted by Crippen LogP contribution is 2.31. The van der Waals surface area contributed by atoms with E-state index in [0.717, 1.165) is 11.1 Å². The second-order valence-corrected chi connectivity index (χ2v) is 6.55. The Labute approximate surface area is 175 Å². The Morgan fingerprint density at radius 2 is 1.87 bits per heavy atom. The predicted molar refractivity (Wildman–Crippen MR) is 108 cm³/mol. The average molecular weight is 429 g/mol. The van der Waals surface area contributed by atoms with Crippen molar-refractivity contribution >= 4 is 11.5 Å². The number of hydrogen-bond donors (Lipinski definition) is 1. The molecule has 0 spiro atoms. The van der Waals surface area contributed by atoms with Crippen LogP contribution in [0.4, 0.5) is 19.0 Å². The van der Waals surface area contributed by atoms with Crippen molar-refractivity contribution < 1.29 is 22.6 Å². The largest absolute Gasteiger partial charge is 0.573 e. The van der Waals surface area contributed by atoms with E-state index in [1.807, 2.05) is 6.07 Å². The number of alkyl halides is 3. The van der Waals surface area contributed by atoms with Crippen LogP contribution in [0.2, 0.25) is 0 Å². The zero-order valence-electron chi connectivity index (χ0n) is 16.4. The molecule has 0 unspecified atom stereocenters. The number of benzene rings is 1. The fourth-order valence-electron chi connectivity index (χ4n) is 3.18. The second-order valence-electron chi connectivity index (χ2n) is 6.55. The standard InChI is InChI=1S/C21H18F3N5O2/c1-30-18-13-25-9-7-15(18)16-12-27-29-11-8-19(28-20(16)29)26-10-6-14-4-2-3-5-17(14)31-21(22,23)24/h2-5,7-9,11-13H,6,10H2,1H3,(H,26,28). The quantitative estimate of drug-likeness (QED) is 0.471. The van der Waals surface area contributed by atoms with Crippen molar-refractivity contribution in [1.82, 2.24) is 19.6 Å². The van der Waals surface area contributed by atoms with Crippen LogP contribution in [0.1, 0.15) is 5.56 Å². The molecule has 0 saturated carbocycles. The van der Waals surface area contributed by atoms with Gasteiger partial charge in [0.2, 0.25) is 0 Å². The van der Waals surface area contributed by atoms with Crippen LogP contribution in [0.15, 0.2) is 61.2 Å². The summed E-state index contributed by atoms with van der Waals surface area (Å²) in [6.45, 7) is 0.365. The Balaban J connectivity index is 1.52. The third kappa shape index (κ3) is 4.68. The highest BCUT2D eigenvalue weighted by Gasteiger charge is 2.31. The number of methoxy groups -OCH3 is 1. The number of nitrogens with one attached hydrogen (secondary N) is 1. The van der Waals surface area contributed by atoms with E-state index < -0.39 is 6.36 Å². The minimum atomic E-state index is -4.73. The Morgan fingerprint density at radius 3 is 2.68 bits per heavy atom. The molecule has 0 radical (unpaired) electrons. The maximum atomic E-state index is 12.6. The number of anilines is 1. The molecule has 0 amide bonds. The normalized spacial score (nSPS) is 11.5. The summed E-state index contributed by atoms with van der Waals surface area (Å²) >= 11 is 0. The lowest BCUT2D eigenvalue weighted by atomic mass is 10.1. The van der Waals surface area contributed by atoms with Crippen molar-refractivity contribution in [3.05, 3.63) is 66.7 Å². The molecule has 160 valence electrons. The molecule has 10 heteroatoms. The molecule has 7 nitrogen and oxygen atoms in total. The van der Waals surface area contributed by atoms with Crippen LogP contribution in [0.3, 0.4) is 0 Å². The fourth-order valence-corrected chi connectivity index (χ4v) is 3.18. The number of para-hydroxylation sites is 1. The van der Waals surface area contributed by atoms with E-state index >= 15 is 0 Å². The van der Waals surface area contributed by atoms with Gasteiger partial charge >= 0.3 is 6.36 Å². The van der Waals surface area contributed by atoms with Gasteiger partial charge in [0.15, 0.2) is 5.65 Å². The Morgan fingerprint density at radius 1 is 1.03 bits per heavy atom. The number of hydrogen-bond acceptors (Lipinski definition) is 6. The molecular formula is C21H18F3N5O2. The molecular weight excluding hydrogens is 411 g/mol. The third-order valence-electron chi connectivity index (χ3n) is 4.56. The van der Waals surface area contributed by atoms with E-state index in [-0.39, 0.29) is 5.75 Å². The number of pyridine rings is 1. The lowest BCUT2D eigenvalue weighted by molar-refractivity contribution is -0.274. The average Bonchev–Trinajstić information content (AvgIpc) is 3.17. The minimum Gasteiger partial charge on any atom is -0.494 e. The van der Waals surface area contributed by atoms with E-state index in [0.29, 0.717) is 35.7 Å². The molecule has 3 aromatic heterocycles. The van der Waals surface area contributed by atoms with Crippen molar-refractivity contribution in [2.45, 2.75) is 12.8 Å².